The molecule has 2 nitrogen and oxygen atoms in total. The van der Waals surface area contributed by atoms with Crippen LogP contribution in [0.2, 0.25) is 0 Å². The van der Waals surface area contributed by atoms with Crippen LogP contribution in [0.1, 0.15) is 34.3 Å². The second-order valence-electron chi connectivity index (χ2n) is 4.44. The Morgan fingerprint density at radius 3 is 1.95 bits per heavy atom. The van der Waals surface area contributed by atoms with Gasteiger partial charge in [-0.15, -0.1) is 0 Å². The van der Waals surface area contributed by atoms with Crippen molar-refractivity contribution in [3.63, 3.8) is 0 Å². The van der Waals surface area contributed by atoms with Crippen LogP contribution in [0.15, 0.2) is 18.2 Å². The zero-order valence-electron chi connectivity index (χ0n) is 11.3. The average Bonchev–Trinajstić information content (AvgIpc) is 2.41. The van der Waals surface area contributed by atoms with Crippen LogP contribution in [-0.4, -0.2) is 12.5 Å². The fourth-order valence-electron chi connectivity index (χ4n) is 1.60. The number of halogens is 6. The van der Waals surface area contributed by atoms with Gasteiger partial charge in [-0.1, -0.05) is 13.3 Å². The standard InChI is InChI=1S/C14H13F6NO/c1-2-3-4-5-21-12(22)9-6-10(13(15,16)17)8-11(7-9)14(18,19)20/h4,6-8H,1-3,5H2,(H,21,22). The highest BCUT2D eigenvalue weighted by Gasteiger charge is 2.37. The summed E-state index contributed by atoms with van der Waals surface area (Å²) in [4.78, 5) is 11.7. The van der Waals surface area contributed by atoms with E-state index in [-0.39, 0.29) is 12.6 Å². The van der Waals surface area contributed by atoms with Crippen LogP contribution in [0.25, 0.3) is 0 Å². The Balaban J connectivity index is 3.05. The Kier molecular flexibility index (Phi) is 5.85. The molecule has 2 radical (unpaired) electrons. The van der Waals surface area contributed by atoms with Gasteiger partial charge in [-0.25, -0.2) is 0 Å². The van der Waals surface area contributed by atoms with Crippen LogP contribution >= 0.6 is 0 Å². The van der Waals surface area contributed by atoms with Gasteiger partial charge in [-0.3, -0.25) is 4.79 Å². The molecule has 0 aliphatic rings. The third kappa shape index (κ3) is 5.23. The van der Waals surface area contributed by atoms with Crippen LogP contribution in [0.4, 0.5) is 26.3 Å². The summed E-state index contributed by atoms with van der Waals surface area (Å²) in [6.07, 6.45) is -7.20. The molecular formula is C14H13F6NO. The number of unbranched alkanes of at least 4 members (excludes halogenated alkanes) is 2. The molecule has 0 saturated heterocycles. The first kappa shape index (κ1) is 18.3. The van der Waals surface area contributed by atoms with E-state index in [1.807, 2.05) is 0 Å². The highest BCUT2D eigenvalue weighted by Crippen LogP contribution is 2.36. The van der Waals surface area contributed by atoms with Gasteiger partial charge in [-0.2, -0.15) is 26.3 Å². The van der Waals surface area contributed by atoms with Crippen molar-refractivity contribution in [3.8, 4) is 0 Å². The number of hydrogen-bond acceptors (Lipinski definition) is 1. The van der Waals surface area contributed by atoms with E-state index >= 15 is 0 Å². The topological polar surface area (TPSA) is 29.1 Å². The number of nitrogens with one attached hydrogen (secondary N) is 1. The van der Waals surface area contributed by atoms with Crippen molar-refractivity contribution in [2.45, 2.75) is 25.2 Å². The minimum Gasteiger partial charge on any atom is -0.352 e. The maximum Gasteiger partial charge on any atom is 0.416 e. The van der Waals surface area contributed by atoms with Crippen LogP contribution in [0.3, 0.4) is 0 Å². The van der Waals surface area contributed by atoms with Crippen LogP contribution in [0, 0.1) is 13.3 Å². The first-order valence-corrected chi connectivity index (χ1v) is 6.24. The Morgan fingerprint density at radius 2 is 1.55 bits per heavy atom. The predicted octanol–water partition coefficient (Wildman–Crippen LogP) is 4.27. The summed E-state index contributed by atoms with van der Waals surface area (Å²) in [6, 6.07) is 0.767. The van der Waals surface area contributed by atoms with Gasteiger partial charge in [-0.05, 0) is 31.0 Å². The van der Waals surface area contributed by atoms with Gasteiger partial charge in [0, 0.05) is 12.1 Å². The molecule has 0 fully saturated rings. The summed E-state index contributed by atoms with van der Waals surface area (Å²) < 4.78 is 75.8. The van der Waals surface area contributed by atoms with E-state index in [9.17, 15) is 31.1 Å². The Hall–Kier alpha value is -1.73. The van der Waals surface area contributed by atoms with E-state index in [1.54, 1.807) is 6.42 Å². The molecule has 1 amide bonds. The van der Waals surface area contributed by atoms with Crippen LogP contribution in [-0.2, 0) is 12.4 Å². The lowest BCUT2D eigenvalue weighted by atomic mass is 10.0. The fraction of sp³-hybridized carbons (Fsp3) is 0.357. The predicted molar refractivity (Wildman–Crippen MR) is 67.7 cm³/mol. The van der Waals surface area contributed by atoms with E-state index in [0.29, 0.717) is 25.0 Å². The summed E-state index contributed by atoms with van der Waals surface area (Å²) >= 11 is 0. The number of hydrogen-bond donors (Lipinski definition) is 1. The largest absolute Gasteiger partial charge is 0.416 e. The lowest BCUT2D eigenvalue weighted by Crippen LogP contribution is -2.26. The second kappa shape index (κ2) is 7.02. The smallest absolute Gasteiger partial charge is 0.352 e. The molecule has 122 valence electrons. The molecule has 0 aromatic heterocycles. The van der Waals surface area contributed by atoms with Gasteiger partial charge >= 0.3 is 12.4 Å². The van der Waals surface area contributed by atoms with Gasteiger partial charge in [0.25, 0.3) is 5.91 Å². The molecule has 8 heteroatoms. The summed E-state index contributed by atoms with van der Waals surface area (Å²) in [5, 5.41) is 2.23. The average molecular weight is 325 g/mol. The molecule has 0 aliphatic carbocycles. The third-order valence-corrected chi connectivity index (χ3v) is 2.67. The van der Waals surface area contributed by atoms with Crippen molar-refractivity contribution in [1.29, 1.82) is 0 Å². The first-order valence-electron chi connectivity index (χ1n) is 6.24. The zero-order valence-corrected chi connectivity index (χ0v) is 11.3. The Labute approximate surface area is 123 Å². The van der Waals surface area contributed by atoms with Crippen molar-refractivity contribution >= 4 is 5.91 Å². The van der Waals surface area contributed by atoms with Crippen LogP contribution in [0.5, 0.6) is 0 Å². The van der Waals surface area contributed by atoms with Crippen molar-refractivity contribution in [2.75, 3.05) is 6.54 Å². The summed E-state index contributed by atoms with van der Waals surface area (Å²) in [5.74, 6) is -1.00. The van der Waals surface area contributed by atoms with E-state index in [0.717, 1.165) is 0 Å². The van der Waals surface area contributed by atoms with Crippen molar-refractivity contribution in [3.05, 3.63) is 48.2 Å². The normalized spacial score (nSPS) is 12.3. The molecule has 0 saturated carbocycles. The minimum atomic E-state index is -4.98. The molecular weight excluding hydrogens is 312 g/mol. The minimum absolute atomic E-state index is 0.0222. The van der Waals surface area contributed by atoms with Gasteiger partial charge < -0.3 is 5.32 Å². The van der Waals surface area contributed by atoms with Crippen molar-refractivity contribution in [1.82, 2.24) is 5.32 Å². The highest BCUT2D eigenvalue weighted by atomic mass is 19.4. The van der Waals surface area contributed by atoms with E-state index in [2.05, 4.69) is 12.2 Å². The quantitative estimate of drug-likeness (QED) is 0.636. The number of rotatable bonds is 5. The van der Waals surface area contributed by atoms with Gasteiger partial charge in [0.1, 0.15) is 0 Å². The lowest BCUT2D eigenvalue weighted by Gasteiger charge is -2.14. The summed E-state index contributed by atoms with van der Waals surface area (Å²) in [5.41, 5.74) is -3.73. The monoisotopic (exact) mass is 325 g/mol. The number of alkyl halides is 6. The number of carbonyl (C=O) groups excluding carboxylic acids is 1. The summed E-state index contributed by atoms with van der Waals surface area (Å²) in [7, 11) is 0. The number of benzene rings is 1. The Morgan fingerprint density at radius 1 is 1.05 bits per heavy atom. The van der Waals surface area contributed by atoms with Crippen molar-refractivity contribution in [2.24, 2.45) is 0 Å². The van der Waals surface area contributed by atoms with Gasteiger partial charge in [0.15, 0.2) is 0 Å². The molecule has 0 heterocycles. The molecule has 1 N–H and O–H groups in total. The lowest BCUT2D eigenvalue weighted by molar-refractivity contribution is -0.143. The van der Waals surface area contributed by atoms with E-state index in [4.69, 9.17) is 0 Å². The zero-order chi connectivity index (χ0) is 17.0. The molecule has 22 heavy (non-hydrogen) atoms. The van der Waals surface area contributed by atoms with Crippen molar-refractivity contribution < 1.29 is 31.1 Å². The molecule has 0 aliphatic heterocycles. The van der Waals surface area contributed by atoms with E-state index < -0.39 is 35.0 Å². The molecule has 1 aromatic carbocycles. The molecule has 0 atom stereocenters. The SMILES string of the molecule is [CH2]CC[CH]CNC(=O)c1cc(C(F)(F)F)cc(C(F)(F)F)c1. The maximum atomic E-state index is 12.6. The number of amides is 1. The fourth-order valence-corrected chi connectivity index (χ4v) is 1.60. The Bertz CT molecular complexity index is 489. The van der Waals surface area contributed by atoms with E-state index in [1.165, 1.54) is 0 Å². The first-order chi connectivity index (χ1) is 10.1. The van der Waals surface area contributed by atoms with Gasteiger partial charge in [0.05, 0.1) is 11.1 Å². The highest BCUT2D eigenvalue weighted by molar-refractivity contribution is 5.94. The molecule has 1 aromatic rings. The summed E-state index contributed by atoms with van der Waals surface area (Å²) in [6.45, 7) is 3.58. The maximum absolute atomic E-state index is 12.6. The van der Waals surface area contributed by atoms with Gasteiger partial charge in [0.2, 0.25) is 0 Å². The second-order valence-corrected chi connectivity index (χ2v) is 4.44. The molecule has 0 bridgehead atoms. The molecule has 0 spiro atoms. The molecule has 1 rings (SSSR count). The van der Waals surface area contributed by atoms with Crippen LogP contribution < -0.4 is 5.32 Å². The molecule has 0 unspecified atom stereocenters. The number of carbonyl (C=O) groups is 1. The third-order valence-electron chi connectivity index (χ3n) is 2.67.